The lowest BCUT2D eigenvalue weighted by atomic mass is 9.80. The fourth-order valence-corrected chi connectivity index (χ4v) is 5.03. The number of ether oxygens (including phenoxy) is 2. The molecule has 0 amide bonds. The minimum atomic E-state index is -0.407. The smallest absolute Gasteiger partial charge is 0.311 e. The van der Waals surface area contributed by atoms with E-state index in [4.69, 9.17) is 14.5 Å². The highest BCUT2D eigenvalue weighted by Crippen LogP contribution is 2.38. The molecule has 7 heteroatoms. The number of carbonyl (C=O) groups is 1. The van der Waals surface area contributed by atoms with Crippen LogP contribution in [0.25, 0.3) is 11.3 Å². The number of aromatic nitrogens is 1. The summed E-state index contributed by atoms with van der Waals surface area (Å²) in [6.07, 6.45) is 1.53. The molecule has 32 heavy (non-hydrogen) atoms. The number of esters is 1. The van der Waals surface area contributed by atoms with Crippen LogP contribution in [0, 0.1) is 12.3 Å². The first-order valence-electron chi connectivity index (χ1n) is 10.7. The number of halogens is 1. The molecule has 0 spiro atoms. The predicted molar refractivity (Wildman–Crippen MR) is 132 cm³/mol. The van der Waals surface area contributed by atoms with Crippen molar-refractivity contribution in [1.29, 1.82) is 0 Å². The van der Waals surface area contributed by atoms with E-state index in [9.17, 15) is 4.79 Å². The lowest BCUT2D eigenvalue weighted by Gasteiger charge is -2.37. The highest BCUT2D eigenvalue weighted by molar-refractivity contribution is 9.10. The Bertz CT molecular complexity index is 1090. The molecule has 1 aliphatic rings. The molecule has 1 aliphatic heterocycles. The van der Waals surface area contributed by atoms with Crippen molar-refractivity contribution in [1.82, 2.24) is 4.98 Å². The summed E-state index contributed by atoms with van der Waals surface area (Å²) in [7, 11) is 1.46. The minimum Gasteiger partial charge on any atom is -0.488 e. The SMILES string of the molecule is COC(=O)C1(C)CCN(c2nc(-c3cc(C)ccc3OCc3ccc(Br)cc3)cs2)CC1. The van der Waals surface area contributed by atoms with Gasteiger partial charge in [-0.2, -0.15) is 0 Å². The molecule has 0 N–H and O–H groups in total. The summed E-state index contributed by atoms with van der Waals surface area (Å²) in [5.41, 5.74) is 3.79. The quantitative estimate of drug-likeness (QED) is 0.364. The molecule has 2 heterocycles. The van der Waals surface area contributed by atoms with Crippen molar-refractivity contribution in [3.8, 4) is 17.0 Å². The number of aryl methyl sites for hydroxylation is 1. The van der Waals surface area contributed by atoms with Gasteiger partial charge in [0.25, 0.3) is 0 Å². The van der Waals surface area contributed by atoms with Gasteiger partial charge in [0.05, 0.1) is 18.2 Å². The maximum atomic E-state index is 12.1. The molecule has 1 saturated heterocycles. The Balaban J connectivity index is 1.49. The van der Waals surface area contributed by atoms with Gasteiger partial charge in [0.2, 0.25) is 0 Å². The van der Waals surface area contributed by atoms with Gasteiger partial charge in [-0.25, -0.2) is 4.98 Å². The Morgan fingerprint density at radius 2 is 1.91 bits per heavy atom. The maximum absolute atomic E-state index is 12.1. The molecule has 168 valence electrons. The molecule has 0 bridgehead atoms. The maximum Gasteiger partial charge on any atom is 0.311 e. The number of benzene rings is 2. The van der Waals surface area contributed by atoms with Crippen molar-refractivity contribution in [2.24, 2.45) is 5.41 Å². The Labute approximate surface area is 201 Å². The molecule has 1 fully saturated rings. The standard InChI is InChI=1S/C25H27BrN2O3S/c1-17-4-9-22(31-15-18-5-7-19(26)8-6-18)20(14-17)21-16-32-24(27-21)28-12-10-25(2,11-13-28)23(29)30-3/h4-9,14,16H,10-13,15H2,1-3H3. The average molecular weight is 515 g/mol. The largest absolute Gasteiger partial charge is 0.488 e. The predicted octanol–water partition coefficient (Wildman–Crippen LogP) is 6.24. The molecule has 2 aromatic carbocycles. The number of piperidine rings is 1. The van der Waals surface area contributed by atoms with Crippen molar-refractivity contribution in [3.05, 3.63) is 63.4 Å². The van der Waals surface area contributed by atoms with Crippen molar-refractivity contribution in [2.75, 3.05) is 25.1 Å². The minimum absolute atomic E-state index is 0.121. The number of thiazole rings is 1. The highest BCUT2D eigenvalue weighted by Gasteiger charge is 2.38. The first kappa shape index (κ1) is 22.8. The second kappa shape index (κ2) is 9.63. The summed E-state index contributed by atoms with van der Waals surface area (Å²) in [4.78, 5) is 19.3. The molecular weight excluding hydrogens is 488 g/mol. The van der Waals surface area contributed by atoms with E-state index < -0.39 is 5.41 Å². The third-order valence-electron chi connectivity index (χ3n) is 6.03. The summed E-state index contributed by atoms with van der Waals surface area (Å²) in [6.45, 7) is 6.15. The number of hydrogen-bond donors (Lipinski definition) is 0. The van der Waals surface area contributed by atoms with Gasteiger partial charge in [-0.1, -0.05) is 39.7 Å². The molecule has 0 saturated carbocycles. The fourth-order valence-electron chi connectivity index (χ4n) is 3.89. The number of anilines is 1. The molecule has 0 radical (unpaired) electrons. The Kier molecular flexibility index (Phi) is 6.86. The van der Waals surface area contributed by atoms with Crippen LogP contribution in [0.15, 0.2) is 52.3 Å². The molecule has 4 rings (SSSR count). The number of nitrogens with zero attached hydrogens (tertiary/aromatic N) is 2. The van der Waals surface area contributed by atoms with Crippen LogP contribution in [0.3, 0.4) is 0 Å². The van der Waals surface area contributed by atoms with Crippen LogP contribution in [0.4, 0.5) is 5.13 Å². The van der Waals surface area contributed by atoms with E-state index in [0.29, 0.717) is 6.61 Å². The number of rotatable bonds is 6. The lowest BCUT2D eigenvalue weighted by Crippen LogP contribution is -2.43. The van der Waals surface area contributed by atoms with Crippen LogP contribution in [0.5, 0.6) is 5.75 Å². The van der Waals surface area contributed by atoms with Crippen molar-refractivity contribution >= 4 is 38.4 Å². The second-order valence-corrected chi connectivity index (χ2v) is 10.2. The first-order valence-corrected chi connectivity index (χ1v) is 12.3. The number of carbonyl (C=O) groups excluding carboxylic acids is 1. The van der Waals surface area contributed by atoms with Crippen LogP contribution in [-0.2, 0) is 16.1 Å². The summed E-state index contributed by atoms with van der Waals surface area (Å²) in [5, 5.41) is 3.07. The topological polar surface area (TPSA) is 51.7 Å². The van der Waals surface area contributed by atoms with Crippen LogP contribution in [0.1, 0.15) is 30.9 Å². The molecule has 0 atom stereocenters. The van der Waals surface area contributed by atoms with Gasteiger partial charge in [0.1, 0.15) is 12.4 Å². The highest BCUT2D eigenvalue weighted by atomic mass is 79.9. The van der Waals surface area contributed by atoms with Gasteiger partial charge in [-0.05, 0) is 56.5 Å². The van der Waals surface area contributed by atoms with Crippen LogP contribution < -0.4 is 9.64 Å². The lowest BCUT2D eigenvalue weighted by molar-refractivity contribution is -0.152. The van der Waals surface area contributed by atoms with E-state index in [1.165, 1.54) is 7.11 Å². The Morgan fingerprint density at radius 1 is 1.19 bits per heavy atom. The second-order valence-electron chi connectivity index (χ2n) is 8.47. The zero-order valence-electron chi connectivity index (χ0n) is 18.6. The third kappa shape index (κ3) is 4.99. The zero-order chi connectivity index (χ0) is 22.7. The van der Waals surface area contributed by atoms with Crippen molar-refractivity contribution in [3.63, 3.8) is 0 Å². The van der Waals surface area contributed by atoms with E-state index in [1.54, 1.807) is 11.3 Å². The zero-order valence-corrected chi connectivity index (χ0v) is 21.0. The summed E-state index contributed by atoms with van der Waals surface area (Å²) < 4.78 is 12.2. The van der Waals surface area contributed by atoms with Crippen LogP contribution >= 0.6 is 27.3 Å². The van der Waals surface area contributed by atoms with Gasteiger partial charge >= 0.3 is 5.97 Å². The van der Waals surface area contributed by atoms with Gasteiger partial charge in [0.15, 0.2) is 5.13 Å². The molecular formula is C25H27BrN2O3S. The summed E-state index contributed by atoms with van der Waals surface area (Å²) in [5.74, 6) is 0.705. The van der Waals surface area contributed by atoms with Gasteiger partial charge in [-0.15, -0.1) is 11.3 Å². The molecule has 3 aromatic rings. The molecule has 0 aliphatic carbocycles. The van der Waals surface area contributed by atoms with E-state index >= 15 is 0 Å². The monoisotopic (exact) mass is 514 g/mol. The van der Waals surface area contributed by atoms with Crippen LogP contribution in [-0.4, -0.2) is 31.2 Å². The van der Waals surface area contributed by atoms with Crippen molar-refractivity contribution in [2.45, 2.75) is 33.3 Å². The molecule has 5 nitrogen and oxygen atoms in total. The summed E-state index contributed by atoms with van der Waals surface area (Å²) in [6, 6.07) is 14.3. The fraction of sp³-hybridized carbons (Fsp3) is 0.360. The van der Waals surface area contributed by atoms with Gasteiger partial charge < -0.3 is 14.4 Å². The third-order valence-corrected chi connectivity index (χ3v) is 7.46. The average Bonchev–Trinajstić information content (AvgIpc) is 3.29. The van der Waals surface area contributed by atoms with E-state index in [2.05, 4.69) is 57.4 Å². The van der Waals surface area contributed by atoms with Crippen LogP contribution in [0.2, 0.25) is 0 Å². The first-order chi connectivity index (χ1) is 15.4. The normalized spacial score (nSPS) is 15.4. The summed E-state index contributed by atoms with van der Waals surface area (Å²) >= 11 is 5.10. The molecule has 0 unspecified atom stereocenters. The number of hydrogen-bond acceptors (Lipinski definition) is 6. The number of methoxy groups -OCH3 is 1. The van der Waals surface area contributed by atoms with Gasteiger partial charge in [0, 0.05) is 28.5 Å². The molecule has 1 aromatic heterocycles. The Hall–Kier alpha value is -2.38. The van der Waals surface area contributed by atoms with Crippen molar-refractivity contribution < 1.29 is 14.3 Å². The van der Waals surface area contributed by atoms with Gasteiger partial charge in [-0.3, -0.25) is 4.79 Å². The van der Waals surface area contributed by atoms with E-state index in [1.807, 2.05) is 25.1 Å². The van der Waals surface area contributed by atoms with E-state index in [-0.39, 0.29) is 5.97 Å². The Morgan fingerprint density at radius 3 is 2.59 bits per heavy atom. The van der Waals surface area contributed by atoms with E-state index in [0.717, 1.165) is 63.7 Å².